The van der Waals surface area contributed by atoms with Gasteiger partial charge in [-0.05, 0) is 45.4 Å². The van der Waals surface area contributed by atoms with Crippen LogP contribution in [0.25, 0.3) is 0 Å². The number of halogens is 2. The molecule has 2 aliphatic heterocycles. The number of carbonyl (C=O) groups is 1. The summed E-state index contributed by atoms with van der Waals surface area (Å²) in [6.45, 7) is 5.85. The molecule has 1 unspecified atom stereocenters. The number of carboxylic acid groups (broad SMARTS) is 1. The molecule has 0 radical (unpaired) electrons. The molecule has 1 saturated heterocycles. The fourth-order valence-corrected chi connectivity index (χ4v) is 7.51. The fourth-order valence-electron chi connectivity index (χ4n) is 3.75. The number of amides is 1. The maximum atomic E-state index is 14.6. The van der Waals surface area contributed by atoms with Crippen molar-refractivity contribution in [2.75, 3.05) is 6.54 Å². The molecule has 6 nitrogen and oxygen atoms in total. The van der Waals surface area contributed by atoms with Crippen molar-refractivity contribution < 1.29 is 18.8 Å². The summed E-state index contributed by atoms with van der Waals surface area (Å²) in [5.41, 5.74) is -0.754. The molecule has 1 aromatic rings. The van der Waals surface area contributed by atoms with Gasteiger partial charge in [0.05, 0.1) is 10.00 Å². The molecule has 1 aromatic carbocycles. The maximum absolute atomic E-state index is 14.6. The first-order valence-corrected chi connectivity index (χ1v) is 10.3. The Morgan fingerprint density at radius 1 is 1.48 bits per heavy atom. The predicted molar refractivity (Wildman–Crippen MR) is 101 cm³/mol. The molecule has 25 heavy (non-hydrogen) atoms. The van der Waals surface area contributed by atoms with E-state index in [0.29, 0.717) is 23.0 Å². The molecular weight excluding hydrogens is 413 g/mol. The number of hydrogen-bond acceptors (Lipinski definition) is 4. The van der Waals surface area contributed by atoms with Gasteiger partial charge in [-0.2, -0.15) is 0 Å². The smallest absolute Gasteiger partial charge is 0.410 e. The van der Waals surface area contributed by atoms with E-state index >= 15 is 0 Å². The second kappa shape index (κ2) is 5.94. The van der Waals surface area contributed by atoms with Crippen molar-refractivity contribution in [1.82, 2.24) is 10.0 Å². The molecule has 3 rings (SSSR count). The van der Waals surface area contributed by atoms with Gasteiger partial charge in [0.15, 0.2) is 0 Å². The molecule has 3 atom stereocenters. The van der Waals surface area contributed by atoms with Crippen molar-refractivity contribution in [3.63, 3.8) is 0 Å². The van der Waals surface area contributed by atoms with Crippen molar-refractivity contribution in [1.29, 1.82) is 0 Å². The number of hydrogen-bond donors (Lipinski definition) is 4. The number of benzene rings is 1. The first-order chi connectivity index (χ1) is 11.5. The molecule has 0 saturated carbocycles. The van der Waals surface area contributed by atoms with Crippen molar-refractivity contribution in [3.8, 4) is 0 Å². The van der Waals surface area contributed by atoms with Crippen LogP contribution in [-0.2, 0) is 5.54 Å². The average Bonchev–Trinajstić information content (AvgIpc) is 2.92. The van der Waals surface area contributed by atoms with E-state index in [-0.39, 0.29) is 11.1 Å². The molecule has 9 heteroatoms. The molecule has 0 spiro atoms. The van der Waals surface area contributed by atoms with Gasteiger partial charge in [-0.1, -0.05) is 26.4 Å². The third-order valence-corrected chi connectivity index (χ3v) is 9.56. The monoisotopic (exact) mass is 433 g/mol. The maximum Gasteiger partial charge on any atom is 0.410 e. The Bertz CT molecular complexity index is 775. The highest BCUT2D eigenvalue weighted by Gasteiger charge is 2.61. The molecule has 0 bridgehead atoms. The first kappa shape index (κ1) is 18.6. The van der Waals surface area contributed by atoms with Gasteiger partial charge in [0.1, 0.15) is 17.2 Å². The number of nitrogens with one attached hydrogen (secondary N) is 2. The van der Waals surface area contributed by atoms with Crippen molar-refractivity contribution in [2.45, 2.75) is 42.7 Å². The first-order valence-electron chi connectivity index (χ1n) is 7.87. The quantitative estimate of drug-likeness (QED) is 0.541. The summed E-state index contributed by atoms with van der Waals surface area (Å²) in [5, 5.41) is 11.2. The highest BCUT2D eigenvalue weighted by molar-refractivity contribution is 9.10. The van der Waals surface area contributed by atoms with E-state index in [9.17, 15) is 18.8 Å². The summed E-state index contributed by atoms with van der Waals surface area (Å²) in [6, 6.07) is 4.59. The van der Waals surface area contributed by atoms with Gasteiger partial charge < -0.3 is 9.66 Å². The third-order valence-electron chi connectivity index (χ3n) is 5.16. The number of fused-ring (bicyclic) bond motifs is 1. The van der Waals surface area contributed by atoms with Crippen LogP contribution in [0.15, 0.2) is 27.7 Å². The Labute approximate surface area is 155 Å². The summed E-state index contributed by atoms with van der Waals surface area (Å²) >= 11 is 3.35. The Morgan fingerprint density at radius 3 is 2.80 bits per heavy atom. The molecule has 2 aliphatic rings. The van der Waals surface area contributed by atoms with Crippen LogP contribution >= 0.6 is 26.4 Å². The minimum Gasteiger partial charge on any atom is -0.465 e. The van der Waals surface area contributed by atoms with Crippen LogP contribution in [0.2, 0.25) is 0 Å². The topological polar surface area (TPSA) is 94.0 Å². The van der Waals surface area contributed by atoms with E-state index < -0.39 is 32.7 Å². The molecule has 0 aromatic heterocycles. The number of amidine groups is 1. The molecular formula is C16H21BrFN3O3S. The van der Waals surface area contributed by atoms with Gasteiger partial charge in [0.2, 0.25) is 0 Å². The Balaban J connectivity index is 2.27. The largest absolute Gasteiger partial charge is 0.465 e. The zero-order chi connectivity index (χ0) is 18.6. The summed E-state index contributed by atoms with van der Waals surface area (Å²) in [5.74, 6) is -0.289. The summed E-state index contributed by atoms with van der Waals surface area (Å²) in [7, 11) is -2.49. The Morgan fingerprint density at radius 2 is 2.16 bits per heavy atom. The third kappa shape index (κ3) is 2.68. The van der Waals surface area contributed by atoms with E-state index in [1.165, 1.54) is 6.07 Å². The summed E-state index contributed by atoms with van der Waals surface area (Å²) in [6.07, 6.45) is -0.634. The minimum absolute atomic E-state index is 0.144. The van der Waals surface area contributed by atoms with Crippen LogP contribution < -0.4 is 10.0 Å². The van der Waals surface area contributed by atoms with Crippen LogP contribution in [0.1, 0.15) is 32.8 Å². The standard InChI is InChI=1S/C16H21BrFN3O3S/c1-15(2)13(20-14(22)23)21-16(3,12-6-7-19-25(12,15)24)10-8-9(17)4-5-11(10)18/h4-5,8,12,19,24H,6-7H2,1-3H3,(H,20,21)(H,22,23)/t12-,16+/m0/s1. The molecule has 2 heterocycles. The highest BCUT2D eigenvalue weighted by Crippen LogP contribution is 2.67. The molecule has 1 amide bonds. The zero-order valence-electron chi connectivity index (χ0n) is 14.1. The van der Waals surface area contributed by atoms with Gasteiger partial charge in [0, 0.05) is 16.6 Å². The fraction of sp³-hybridized carbons (Fsp3) is 0.500. The minimum atomic E-state index is -2.49. The second-order valence-electron chi connectivity index (χ2n) is 6.97. The van der Waals surface area contributed by atoms with Crippen LogP contribution in [0.3, 0.4) is 0 Å². The molecule has 4 N–H and O–H groups in total. The van der Waals surface area contributed by atoms with Crippen LogP contribution in [-0.4, -0.2) is 38.1 Å². The van der Waals surface area contributed by atoms with Gasteiger partial charge in [-0.15, -0.1) is 0 Å². The lowest BCUT2D eigenvalue weighted by molar-refractivity contribution is 0.199. The molecule has 138 valence electrons. The van der Waals surface area contributed by atoms with E-state index in [1.807, 2.05) is 0 Å². The van der Waals surface area contributed by atoms with Crippen LogP contribution in [0.4, 0.5) is 9.18 Å². The van der Waals surface area contributed by atoms with E-state index in [1.54, 1.807) is 32.9 Å². The summed E-state index contributed by atoms with van der Waals surface area (Å²) in [4.78, 5) is 15.9. The lowest BCUT2D eigenvalue weighted by atomic mass is 9.86. The van der Waals surface area contributed by atoms with E-state index in [0.717, 1.165) is 0 Å². The van der Waals surface area contributed by atoms with E-state index in [2.05, 4.69) is 31.0 Å². The van der Waals surface area contributed by atoms with Crippen LogP contribution in [0, 0.1) is 5.82 Å². The van der Waals surface area contributed by atoms with E-state index in [4.69, 9.17) is 0 Å². The highest BCUT2D eigenvalue weighted by atomic mass is 79.9. The number of aliphatic imine (C=N–C) groups is 1. The lowest BCUT2D eigenvalue weighted by Gasteiger charge is -2.56. The molecule has 1 fully saturated rings. The van der Waals surface area contributed by atoms with Gasteiger partial charge in [0.25, 0.3) is 0 Å². The van der Waals surface area contributed by atoms with Gasteiger partial charge in [-0.25, -0.2) is 9.18 Å². The average molecular weight is 434 g/mol. The van der Waals surface area contributed by atoms with Crippen molar-refractivity contribution in [2.24, 2.45) is 4.99 Å². The van der Waals surface area contributed by atoms with Crippen molar-refractivity contribution >= 4 is 38.4 Å². The Hall–Kier alpha value is -1.16. The zero-order valence-corrected chi connectivity index (χ0v) is 16.5. The Kier molecular flexibility index (Phi) is 4.42. The van der Waals surface area contributed by atoms with Crippen molar-refractivity contribution in [3.05, 3.63) is 34.1 Å². The SMILES string of the molecule is CC1(C)C(NC(=O)O)=N[C@](C)(c2cc(Br)ccc2F)[C@@H]2CCNS21O. The second-order valence-corrected chi connectivity index (χ2v) is 11.0. The number of rotatable bonds is 1. The van der Waals surface area contributed by atoms with Gasteiger partial charge >= 0.3 is 6.09 Å². The lowest BCUT2D eigenvalue weighted by Crippen LogP contribution is -2.59. The van der Waals surface area contributed by atoms with Gasteiger partial charge in [-0.3, -0.25) is 15.0 Å². The predicted octanol–water partition coefficient (Wildman–Crippen LogP) is 3.82. The summed E-state index contributed by atoms with van der Waals surface area (Å²) < 4.78 is 29.1. The van der Waals surface area contributed by atoms with Crippen LogP contribution in [0.5, 0.6) is 0 Å². The number of nitrogens with zero attached hydrogens (tertiary/aromatic N) is 1. The normalized spacial score (nSPS) is 36.1. The molecule has 0 aliphatic carbocycles.